The number of phenols is 1. The van der Waals surface area contributed by atoms with Gasteiger partial charge in [0.25, 0.3) is 0 Å². The molecule has 0 aliphatic carbocycles. The lowest BCUT2D eigenvalue weighted by molar-refractivity contribution is 0.0680. The van der Waals surface area contributed by atoms with Crippen LogP contribution >= 0.6 is 11.8 Å². The summed E-state index contributed by atoms with van der Waals surface area (Å²) in [4.78, 5) is 0. The lowest BCUT2D eigenvalue weighted by Crippen LogP contribution is -2.30. The number of aliphatic hydroxyl groups is 1. The molecule has 1 heterocycles. The van der Waals surface area contributed by atoms with E-state index in [-0.39, 0.29) is 5.75 Å². The number of aromatic hydroxyl groups is 1. The first kappa shape index (κ1) is 9.87. The van der Waals surface area contributed by atoms with E-state index in [9.17, 15) is 10.2 Å². The Morgan fingerprint density at radius 3 is 2.79 bits per heavy atom. The van der Waals surface area contributed by atoms with Gasteiger partial charge in [0.2, 0.25) is 0 Å². The Hall–Kier alpha value is -0.670. The summed E-state index contributed by atoms with van der Waals surface area (Å²) in [7, 11) is 0. The SMILES string of the molecule is Oc1ccccc1CC1(O)CCSC1. The number of hydrogen-bond acceptors (Lipinski definition) is 3. The summed E-state index contributed by atoms with van der Waals surface area (Å²) < 4.78 is 0. The van der Waals surface area contributed by atoms with Gasteiger partial charge in [0.15, 0.2) is 0 Å². The average molecular weight is 210 g/mol. The number of hydrogen-bond donors (Lipinski definition) is 2. The molecule has 1 aromatic carbocycles. The van der Waals surface area contributed by atoms with E-state index in [0.29, 0.717) is 6.42 Å². The zero-order valence-corrected chi connectivity index (χ0v) is 8.76. The summed E-state index contributed by atoms with van der Waals surface area (Å²) in [6, 6.07) is 7.23. The molecule has 76 valence electrons. The van der Waals surface area contributed by atoms with Gasteiger partial charge in [-0.2, -0.15) is 11.8 Å². The molecule has 1 saturated heterocycles. The second-order valence-corrected chi connectivity index (χ2v) is 4.94. The third-order valence-electron chi connectivity index (χ3n) is 2.59. The van der Waals surface area contributed by atoms with E-state index in [1.807, 2.05) is 12.1 Å². The van der Waals surface area contributed by atoms with Gasteiger partial charge in [-0.1, -0.05) is 18.2 Å². The van der Waals surface area contributed by atoms with E-state index in [4.69, 9.17) is 0 Å². The Morgan fingerprint density at radius 1 is 1.36 bits per heavy atom. The number of benzene rings is 1. The molecule has 0 aromatic heterocycles. The van der Waals surface area contributed by atoms with Crippen LogP contribution in [0, 0.1) is 0 Å². The highest BCUT2D eigenvalue weighted by Crippen LogP contribution is 2.32. The summed E-state index contributed by atoms with van der Waals surface area (Å²) in [5.41, 5.74) is 0.237. The van der Waals surface area contributed by atoms with E-state index in [2.05, 4.69) is 0 Å². The van der Waals surface area contributed by atoms with Gasteiger partial charge in [-0.25, -0.2) is 0 Å². The van der Waals surface area contributed by atoms with Gasteiger partial charge in [0.05, 0.1) is 5.60 Å². The lowest BCUT2D eigenvalue weighted by atomic mass is 9.94. The molecule has 0 saturated carbocycles. The smallest absolute Gasteiger partial charge is 0.118 e. The van der Waals surface area contributed by atoms with Crippen molar-refractivity contribution < 1.29 is 10.2 Å². The fraction of sp³-hybridized carbons (Fsp3) is 0.455. The molecule has 0 spiro atoms. The van der Waals surface area contributed by atoms with Gasteiger partial charge in [0.1, 0.15) is 5.75 Å². The molecule has 1 atom stereocenters. The largest absolute Gasteiger partial charge is 0.508 e. The van der Waals surface area contributed by atoms with Crippen LogP contribution in [0.5, 0.6) is 5.75 Å². The number of thioether (sulfide) groups is 1. The molecule has 2 rings (SSSR count). The highest BCUT2D eigenvalue weighted by Gasteiger charge is 2.32. The van der Waals surface area contributed by atoms with Crippen molar-refractivity contribution in [1.29, 1.82) is 0 Å². The Labute approximate surface area is 88.0 Å². The van der Waals surface area contributed by atoms with E-state index in [1.54, 1.807) is 23.9 Å². The van der Waals surface area contributed by atoms with Crippen LogP contribution in [0.25, 0.3) is 0 Å². The number of para-hydroxylation sites is 1. The van der Waals surface area contributed by atoms with E-state index < -0.39 is 5.60 Å². The van der Waals surface area contributed by atoms with E-state index in [1.165, 1.54) is 0 Å². The third-order valence-corrected chi connectivity index (χ3v) is 3.83. The van der Waals surface area contributed by atoms with Crippen LogP contribution in [-0.4, -0.2) is 27.3 Å². The van der Waals surface area contributed by atoms with Crippen LogP contribution in [0.1, 0.15) is 12.0 Å². The molecule has 1 aliphatic rings. The number of phenolic OH excluding ortho intramolecular Hbond substituents is 1. The van der Waals surface area contributed by atoms with Crippen LogP contribution in [0.3, 0.4) is 0 Å². The maximum Gasteiger partial charge on any atom is 0.118 e. The first-order valence-corrected chi connectivity index (χ1v) is 5.92. The third kappa shape index (κ3) is 2.04. The van der Waals surface area contributed by atoms with Crippen molar-refractivity contribution in [3.63, 3.8) is 0 Å². The van der Waals surface area contributed by atoms with Crippen molar-refractivity contribution >= 4 is 11.8 Å². The molecule has 1 unspecified atom stereocenters. The predicted molar refractivity (Wildman–Crippen MR) is 58.7 cm³/mol. The second kappa shape index (κ2) is 3.83. The van der Waals surface area contributed by atoms with Crippen LogP contribution in [0.2, 0.25) is 0 Å². The standard InChI is InChI=1S/C11H14O2S/c12-10-4-2-1-3-9(10)7-11(13)5-6-14-8-11/h1-4,12-13H,5-8H2. The van der Waals surface area contributed by atoms with Crippen LogP contribution in [0.4, 0.5) is 0 Å². The Kier molecular flexibility index (Phi) is 2.70. The highest BCUT2D eigenvalue weighted by molar-refractivity contribution is 7.99. The van der Waals surface area contributed by atoms with E-state index in [0.717, 1.165) is 23.5 Å². The molecule has 14 heavy (non-hydrogen) atoms. The molecular formula is C11H14O2S. The van der Waals surface area contributed by atoms with Crippen LogP contribution in [0.15, 0.2) is 24.3 Å². The summed E-state index contributed by atoms with van der Waals surface area (Å²) >= 11 is 1.77. The summed E-state index contributed by atoms with van der Waals surface area (Å²) in [6.07, 6.45) is 1.39. The molecule has 1 fully saturated rings. The fourth-order valence-corrected chi connectivity index (χ4v) is 3.05. The van der Waals surface area contributed by atoms with Gasteiger partial charge in [-0.05, 0) is 23.8 Å². The van der Waals surface area contributed by atoms with Crippen molar-refractivity contribution in [2.75, 3.05) is 11.5 Å². The van der Waals surface area contributed by atoms with E-state index >= 15 is 0 Å². The molecule has 1 aromatic rings. The molecule has 3 heteroatoms. The first-order valence-electron chi connectivity index (χ1n) is 4.77. The second-order valence-electron chi connectivity index (χ2n) is 3.83. The quantitative estimate of drug-likeness (QED) is 0.782. The minimum atomic E-state index is -0.608. The molecule has 1 aliphatic heterocycles. The van der Waals surface area contributed by atoms with Crippen LogP contribution < -0.4 is 0 Å². The first-order chi connectivity index (χ1) is 6.70. The number of rotatable bonds is 2. The van der Waals surface area contributed by atoms with Gasteiger partial charge in [-0.3, -0.25) is 0 Å². The summed E-state index contributed by atoms with van der Waals surface area (Å²) in [5, 5.41) is 19.7. The topological polar surface area (TPSA) is 40.5 Å². The van der Waals surface area contributed by atoms with Crippen molar-refractivity contribution in [2.24, 2.45) is 0 Å². The maximum absolute atomic E-state index is 10.1. The van der Waals surface area contributed by atoms with Crippen molar-refractivity contribution in [3.05, 3.63) is 29.8 Å². The Bertz CT molecular complexity index is 319. The predicted octanol–water partition coefficient (Wildman–Crippen LogP) is 1.80. The Balaban J connectivity index is 2.14. The molecule has 0 bridgehead atoms. The minimum absolute atomic E-state index is 0.290. The molecule has 0 amide bonds. The molecule has 0 radical (unpaired) electrons. The minimum Gasteiger partial charge on any atom is -0.508 e. The van der Waals surface area contributed by atoms with Gasteiger partial charge in [0, 0.05) is 12.2 Å². The fourth-order valence-electron chi connectivity index (χ4n) is 1.75. The summed E-state index contributed by atoms with van der Waals surface area (Å²) in [5.74, 6) is 2.09. The van der Waals surface area contributed by atoms with Gasteiger partial charge >= 0.3 is 0 Å². The van der Waals surface area contributed by atoms with Gasteiger partial charge < -0.3 is 10.2 Å². The normalized spacial score (nSPS) is 26.6. The Morgan fingerprint density at radius 2 is 2.14 bits per heavy atom. The monoisotopic (exact) mass is 210 g/mol. The van der Waals surface area contributed by atoms with Crippen molar-refractivity contribution in [1.82, 2.24) is 0 Å². The summed E-state index contributed by atoms with van der Waals surface area (Å²) in [6.45, 7) is 0. The zero-order valence-electron chi connectivity index (χ0n) is 7.94. The molecule has 2 nitrogen and oxygen atoms in total. The van der Waals surface area contributed by atoms with Crippen molar-refractivity contribution in [2.45, 2.75) is 18.4 Å². The zero-order chi connectivity index (χ0) is 10.0. The maximum atomic E-state index is 10.1. The lowest BCUT2D eigenvalue weighted by Gasteiger charge is -2.21. The van der Waals surface area contributed by atoms with Gasteiger partial charge in [-0.15, -0.1) is 0 Å². The molecule has 2 N–H and O–H groups in total. The van der Waals surface area contributed by atoms with Crippen LogP contribution in [-0.2, 0) is 6.42 Å². The van der Waals surface area contributed by atoms with Crippen molar-refractivity contribution in [3.8, 4) is 5.75 Å². The highest BCUT2D eigenvalue weighted by atomic mass is 32.2. The average Bonchev–Trinajstić information content (AvgIpc) is 2.57. The molecular weight excluding hydrogens is 196 g/mol.